The molecule has 0 radical (unpaired) electrons. The molecule has 0 atom stereocenters. The lowest BCUT2D eigenvalue weighted by Gasteiger charge is -2.19. The summed E-state index contributed by atoms with van der Waals surface area (Å²) in [5.74, 6) is 0. The third-order valence-corrected chi connectivity index (χ3v) is 21.3. The minimum atomic E-state index is 1.19. The summed E-state index contributed by atoms with van der Waals surface area (Å²) in [5.41, 5.74) is 24.7. The van der Waals surface area contributed by atoms with Gasteiger partial charge in [0.1, 0.15) is 0 Å². The lowest BCUT2D eigenvalue weighted by molar-refractivity contribution is 1.60. The summed E-state index contributed by atoms with van der Waals surface area (Å²) in [4.78, 5) is 0. The predicted octanol–water partition coefficient (Wildman–Crippen LogP) is 29.3. The lowest BCUT2D eigenvalue weighted by Crippen LogP contribution is -1.92. The zero-order valence-electron chi connectivity index (χ0n) is 57.3. The van der Waals surface area contributed by atoms with Crippen molar-refractivity contribution in [3.63, 3.8) is 0 Å². The SMILES string of the molecule is c1ccc(-c2c3ccccc3c(-c3cccc4ccccc34)c3ccc(-c4ccc5ccccc5c4)cc23)cc1.c1ccc(-c2ccc(-c3c4ccccc4c(-c4ccc(-c5ccccc5)cc4)c4cc(-c5ccc(-c6c7ccccc7c(-c7ccccc7)c7ccccc67)cc5)ccc34)cc2)cc1. The summed E-state index contributed by atoms with van der Waals surface area (Å²) >= 11 is 0. The molecule has 20 aromatic carbocycles. The Morgan fingerprint density at radius 1 is 0.0962 bits per heavy atom. The minimum Gasteiger partial charge on any atom is -0.0622 e. The average molecular weight is 1320 g/mol. The highest BCUT2D eigenvalue weighted by Crippen LogP contribution is 2.50. The molecule has 0 fully saturated rings. The average Bonchev–Trinajstić information content (AvgIpc) is 0.742. The van der Waals surface area contributed by atoms with Crippen LogP contribution in [0.1, 0.15) is 0 Å². The van der Waals surface area contributed by atoms with Gasteiger partial charge in [0, 0.05) is 0 Å². The van der Waals surface area contributed by atoms with Gasteiger partial charge in [-0.25, -0.2) is 0 Å². The van der Waals surface area contributed by atoms with Crippen molar-refractivity contribution >= 4 is 86.2 Å². The van der Waals surface area contributed by atoms with E-state index in [1.807, 2.05) is 0 Å². The van der Waals surface area contributed by atoms with Gasteiger partial charge >= 0.3 is 0 Å². The van der Waals surface area contributed by atoms with Crippen molar-refractivity contribution in [2.24, 2.45) is 0 Å². The van der Waals surface area contributed by atoms with Gasteiger partial charge in [0.15, 0.2) is 0 Å². The quantitative estimate of drug-likeness (QED) is 0.120. The molecule has 0 unspecified atom stereocenters. The van der Waals surface area contributed by atoms with Gasteiger partial charge in [-0.15, -0.1) is 0 Å². The molecule has 0 saturated heterocycles. The summed E-state index contributed by atoms with van der Waals surface area (Å²) in [6.07, 6.45) is 0. The molecule has 0 spiro atoms. The Bertz CT molecular complexity index is 6570. The first kappa shape index (κ1) is 61.6. The highest BCUT2D eigenvalue weighted by Gasteiger charge is 2.22. The van der Waals surface area contributed by atoms with Crippen LogP contribution in [0, 0.1) is 0 Å². The first-order valence-electron chi connectivity index (χ1n) is 36.0. The Hall–Kier alpha value is -13.5. The summed E-state index contributed by atoms with van der Waals surface area (Å²) in [6.45, 7) is 0. The third-order valence-electron chi connectivity index (χ3n) is 21.3. The van der Waals surface area contributed by atoms with Crippen LogP contribution in [-0.4, -0.2) is 0 Å². The Morgan fingerprint density at radius 3 is 0.740 bits per heavy atom. The molecule has 0 aliphatic rings. The molecule has 0 aromatic heterocycles. The molecular weight excluding hydrogens is 1250 g/mol. The van der Waals surface area contributed by atoms with E-state index in [0.29, 0.717) is 0 Å². The van der Waals surface area contributed by atoms with Crippen LogP contribution in [0.5, 0.6) is 0 Å². The second-order valence-electron chi connectivity index (χ2n) is 27.2. The van der Waals surface area contributed by atoms with Crippen molar-refractivity contribution in [3.8, 4) is 111 Å². The molecule has 0 aliphatic heterocycles. The second-order valence-corrected chi connectivity index (χ2v) is 27.2. The van der Waals surface area contributed by atoms with Crippen molar-refractivity contribution in [1.82, 2.24) is 0 Å². The molecular formula is C104H68. The molecule has 20 rings (SSSR count). The molecule has 0 N–H and O–H groups in total. The first-order valence-corrected chi connectivity index (χ1v) is 36.0. The second kappa shape index (κ2) is 26.5. The van der Waals surface area contributed by atoms with Gasteiger partial charge in [-0.3, -0.25) is 0 Å². The monoisotopic (exact) mass is 1320 g/mol. The number of hydrogen-bond acceptors (Lipinski definition) is 0. The van der Waals surface area contributed by atoms with E-state index < -0.39 is 0 Å². The molecule has 0 bridgehead atoms. The van der Waals surface area contributed by atoms with Crippen molar-refractivity contribution in [2.45, 2.75) is 0 Å². The number of hydrogen-bond donors (Lipinski definition) is 0. The van der Waals surface area contributed by atoms with Crippen molar-refractivity contribution in [3.05, 3.63) is 413 Å². The summed E-state index contributed by atoms with van der Waals surface area (Å²) in [7, 11) is 0. The lowest BCUT2D eigenvalue weighted by atomic mass is 9.83. The van der Waals surface area contributed by atoms with E-state index in [2.05, 4.69) is 413 Å². The van der Waals surface area contributed by atoms with Crippen LogP contribution in [0.15, 0.2) is 413 Å². The van der Waals surface area contributed by atoms with E-state index in [4.69, 9.17) is 0 Å². The number of benzene rings is 20. The van der Waals surface area contributed by atoms with Crippen LogP contribution in [0.3, 0.4) is 0 Å². The molecule has 484 valence electrons. The molecule has 20 aromatic rings. The largest absolute Gasteiger partial charge is 0.0622 e. The van der Waals surface area contributed by atoms with E-state index in [9.17, 15) is 0 Å². The topological polar surface area (TPSA) is 0 Å². The predicted molar refractivity (Wildman–Crippen MR) is 447 cm³/mol. The smallest absolute Gasteiger partial charge is 0.00201 e. The zero-order chi connectivity index (χ0) is 68.9. The van der Waals surface area contributed by atoms with Gasteiger partial charge in [-0.1, -0.05) is 394 Å². The summed E-state index contributed by atoms with van der Waals surface area (Å²) < 4.78 is 0. The standard InChI is InChI=1S/C64H42.C40H26/c1-4-16-43(17-5-1)45-28-34-50(35-29-45)63-57-26-14-15-27-58(57)64(51-36-30-46(31-37-51)44-18-6-2-7-19-44)60-42-52(40-41-59(60)63)47-32-38-49(39-33-47)62-55-24-12-10-22-53(55)61(48-20-8-3-9-21-48)54-23-11-13-25-56(54)62;1-2-13-29(14-3-1)39-35-18-8-9-19-36(35)40(34-20-10-16-28-12-6-7-17-33(28)34)37-24-23-32(26-38(37)39)31-22-21-27-11-4-5-15-30(27)25-31/h1-42H;1-26H. The van der Waals surface area contributed by atoms with Gasteiger partial charge < -0.3 is 0 Å². The van der Waals surface area contributed by atoms with Gasteiger partial charge in [-0.2, -0.15) is 0 Å². The molecule has 0 heteroatoms. The summed E-state index contributed by atoms with van der Waals surface area (Å²) in [5, 5.41) is 20.2. The Balaban J connectivity index is 0.000000159. The fourth-order valence-corrected chi connectivity index (χ4v) is 16.5. The fraction of sp³-hybridized carbons (Fsp3) is 0. The normalized spacial score (nSPS) is 11.5. The first-order chi connectivity index (χ1) is 51.6. The number of fused-ring (bicyclic) bond motifs is 8. The van der Waals surface area contributed by atoms with Crippen molar-refractivity contribution in [2.75, 3.05) is 0 Å². The van der Waals surface area contributed by atoms with Gasteiger partial charge in [0.05, 0.1) is 0 Å². The zero-order valence-corrected chi connectivity index (χ0v) is 57.3. The fourth-order valence-electron chi connectivity index (χ4n) is 16.5. The van der Waals surface area contributed by atoms with Gasteiger partial charge in [0.25, 0.3) is 0 Å². The van der Waals surface area contributed by atoms with E-state index in [-0.39, 0.29) is 0 Å². The maximum absolute atomic E-state index is 2.43. The van der Waals surface area contributed by atoms with Crippen molar-refractivity contribution < 1.29 is 0 Å². The van der Waals surface area contributed by atoms with Crippen LogP contribution in [0.4, 0.5) is 0 Å². The van der Waals surface area contributed by atoms with Gasteiger partial charge in [0.2, 0.25) is 0 Å². The van der Waals surface area contributed by atoms with Crippen LogP contribution < -0.4 is 0 Å². The van der Waals surface area contributed by atoms with E-state index >= 15 is 0 Å². The molecule has 0 aliphatic carbocycles. The Kier molecular flexibility index (Phi) is 15.7. The summed E-state index contributed by atoms with van der Waals surface area (Å²) in [6, 6.07) is 151. The van der Waals surface area contributed by atoms with Gasteiger partial charge in [-0.05, 0) is 216 Å². The van der Waals surface area contributed by atoms with Crippen molar-refractivity contribution in [1.29, 1.82) is 0 Å². The highest BCUT2D eigenvalue weighted by molar-refractivity contribution is 6.26. The van der Waals surface area contributed by atoms with Crippen LogP contribution in [-0.2, 0) is 0 Å². The van der Waals surface area contributed by atoms with E-state index in [0.717, 1.165) is 0 Å². The number of rotatable bonds is 10. The Labute approximate surface area is 606 Å². The maximum Gasteiger partial charge on any atom is -0.00201 e. The molecule has 0 heterocycles. The molecule has 0 amide bonds. The Morgan fingerprint density at radius 2 is 0.327 bits per heavy atom. The third kappa shape index (κ3) is 11.1. The van der Waals surface area contributed by atoms with Crippen LogP contribution in [0.25, 0.3) is 197 Å². The van der Waals surface area contributed by atoms with Crippen LogP contribution >= 0.6 is 0 Å². The highest BCUT2D eigenvalue weighted by atomic mass is 14.3. The molecule has 0 nitrogen and oxygen atoms in total. The minimum absolute atomic E-state index is 1.19. The van der Waals surface area contributed by atoms with E-state index in [1.165, 1.54) is 197 Å². The maximum atomic E-state index is 2.43. The van der Waals surface area contributed by atoms with E-state index in [1.54, 1.807) is 0 Å². The van der Waals surface area contributed by atoms with Crippen LogP contribution in [0.2, 0.25) is 0 Å². The molecule has 104 heavy (non-hydrogen) atoms. The molecule has 0 saturated carbocycles.